The minimum Gasteiger partial charge on any atom is -0.345 e. The molecule has 4 aromatic rings. The largest absolute Gasteiger partial charge is 0.375 e. The molecule has 0 saturated carbocycles. The number of carbonyl (C=O) groups is 3. The molecule has 228 valence electrons. The standard InChI is InChI=1S/C28H19F7N6O3/c29-15-7-14-10-39(25(44)40-12-26(30,31)28(34,35)27(32,33)13-40)6-5-38-11-17(16(8-15)22(14)38)20-21(24(43)37-23(20)42)18-9-36-19-3-1-2-4-41(18)19/h1-4,7-9,11H,5-6,10,12-13H2,(H,37,42,43). The van der Waals surface area contributed by atoms with E-state index in [0.717, 1.165) is 17.0 Å². The number of hydrogen-bond acceptors (Lipinski definition) is 4. The number of nitrogens with one attached hydrogen (secondary N) is 1. The number of benzene rings is 1. The van der Waals surface area contributed by atoms with Crippen LogP contribution < -0.4 is 5.32 Å². The Morgan fingerprint density at radius 2 is 1.61 bits per heavy atom. The first-order valence-corrected chi connectivity index (χ1v) is 13.2. The Balaban J connectivity index is 1.30. The molecule has 1 saturated heterocycles. The van der Waals surface area contributed by atoms with Crippen molar-refractivity contribution in [2.24, 2.45) is 0 Å². The van der Waals surface area contributed by atoms with Crippen molar-refractivity contribution in [3.8, 4) is 0 Å². The molecule has 0 bridgehead atoms. The molecule has 0 spiro atoms. The number of urea groups is 1. The fourth-order valence-electron chi connectivity index (χ4n) is 6.07. The first kappa shape index (κ1) is 27.9. The van der Waals surface area contributed by atoms with Gasteiger partial charge in [0, 0.05) is 43.0 Å². The maximum Gasteiger partial charge on any atom is 0.375 e. The zero-order valence-electron chi connectivity index (χ0n) is 22.3. The van der Waals surface area contributed by atoms with E-state index in [1.165, 1.54) is 12.4 Å². The molecule has 1 aromatic carbocycles. The highest BCUT2D eigenvalue weighted by atomic mass is 19.3. The number of fused-ring (bicyclic) bond motifs is 1. The van der Waals surface area contributed by atoms with Gasteiger partial charge in [0.05, 0.1) is 41.6 Å². The van der Waals surface area contributed by atoms with Crippen LogP contribution in [0.3, 0.4) is 0 Å². The molecule has 7 rings (SSSR count). The number of piperidine rings is 1. The van der Waals surface area contributed by atoms with Gasteiger partial charge in [-0.05, 0) is 29.8 Å². The molecule has 9 nitrogen and oxygen atoms in total. The fraction of sp³-hybridized carbons (Fsp3) is 0.286. The van der Waals surface area contributed by atoms with Crippen LogP contribution in [0, 0.1) is 5.82 Å². The molecule has 1 N–H and O–H groups in total. The summed E-state index contributed by atoms with van der Waals surface area (Å²) in [6.07, 6.45) is 4.55. The molecule has 3 aliphatic heterocycles. The number of imide groups is 1. The molecule has 0 unspecified atom stereocenters. The third-order valence-corrected chi connectivity index (χ3v) is 8.10. The summed E-state index contributed by atoms with van der Waals surface area (Å²) in [6.45, 7) is -4.62. The molecule has 0 radical (unpaired) electrons. The van der Waals surface area contributed by atoms with E-state index in [2.05, 4.69) is 10.3 Å². The molecular formula is C28H19F7N6O3. The van der Waals surface area contributed by atoms with Crippen LogP contribution in [-0.2, 0) is 22.7 Å². The summed E-state index contributed by atoms with van der Waals surface area (Å²) in [5.74, 6) is -18.3. The van der Waals surface area contributed by atoms with E-state index in [0.29, 0.717) is 16.9 Å². The summed E-state index contributed by atoms with van der Waals surface area (Å²) in [4.78, 5) is 44.4. The zero-order valence-corrected chi connectivity index (χ0v) is 22.3. The first-order chi connectivity index (χ1) is 20.7. The monoisotopic (exact) mass is 620 g/mol. The van der Waals surface area contributed by atoms with Crippen LogP contribution >= 0.6 is 0 Å². The van der Waals surface area contributed by atoms with Crippen molar-refractivity contribution in [2.75, 3.05) is 19.6 Å². The van der Waals surface area contributed by atoms with Crippen molar-refractivity contribution in [2.45, 2.75) is 30.9 Å². The van der Waals surface area contributed by atoms with Crippen LogP contribution in [0.5, 0.6) is 0 Å². The third-order valence-electron chi connectivity index (χ3n) is 8.10. The summed E-state index contributed by atoms with van der Waals surface area (Å²) in [5, 5.41) is 2.46. The zero-order chi connectivity index (χ0) is 31.3. The number of imidazole rings is 1. The minimum atomic E-state index is -5.65. The van der Waals surface area contributed by atoms with Gasteiger partial charge in [-0.3, -0.25) is 19.3 Å². The highest BCUT2D eigenvalue weighted by Gasteiger charge is 2.75. The summed E-state index contributed by atoms with van der Waals surface area (Å²) in [7, 11) is 0. The maximum atomic E-state index is 15.0. The predicted molar refractivity (Wildman–Crippen MR) is 139 cm³/mol. The molecule has 1 fully saturated rings. The second-order valence-electron chi connectivity index (χ2n) is 10.8. The Hall–Kier alpha value is -4.89. The first-order valence-electron chi connectivity index (χ1n) is 13.2. The van der Waals surface area contributed by atoms with E-state index in [-0.39, 0.29) is 45.6 Å². The normalized spacial score (nSPS) is 20.9. The minimum absolute atomic E-state index is 0.00354. The van der Waals surface area contributed by atoms with Crippen LogP contribution in [-0.4, -0.2) is 79.0 Å². The lowest BCUT2D eigenvalue weighted by Gasteiger charge is -2.43. The van der Waals surface area contributed by atoms with Crippen molar-refractivity contribution < 1.29 is 45.1 Å². The van der Waals surface area contributed by atoms with Gasteiger partial charge in [-0.1, -0.05) is 6.07 Å². The number of likely N-dealkylation sites (tertiary alicyclic amines) is 1. The van der Waals surface area contributed by atoms with Crippen molar-refractivity contribution in [3.05, 3.63) is 71.6 Å². The van der Waals surface area contributed by atoms with Crippen molar-refractivity contribution >= 4 is 45.5 Å². The molecular weight excluding hydrogens is 601 g/mol. The number of pyridine rings is 1. The smallest absolute Gasteiger partial charge is 0.345 e. The molecule has 16 heteroatoms. The lowest BCUT2D eigenvalue weighted by Crippen LogP contribution is -2.69. The summed E-state index contributed by atoms with van der Waals surface area (Å²) < 4.78 is 102. The molecule has 0 aliphatic carbocycles. The van der Waals surface area contributed by atoms with E-state index in [1.807, 2.05) is 0 Å². The number of hydrogen-bond donors (Lipinski definition) is 1. The Bertz CT molecular complexity index is 1940. The van der Waals surface area contributed by atoms with Crippen molar-refractivity contribution in [1.82, 2.24) is 29.1 Å². The number of alkyl halides is 6. The lowest BCUT2D eigenvalue weighted by molar-refractivity contribution is -0.333. The molecule has 0 atom stereocenters. The molecule has 6 heterocycles. The average Bonchev–Trinajstić information content (AvgIpc) is 3.57. The van der Waals surface area contributed by atoms with Gasteiger partial charge >= 0.3 is 23.8 Å². The predicted octanol–water partition coefficient (Wildman–Crippen LogP) is 4.15. The van der Waals surface area contributed by atoms with Gasteiger partial charge in [-0.25, -0.2) is 14.2 Å². The van der Waals surface area contributed by atoms with Crippen LogP contribution in [0.2, 0.25) is 0 Å². The van der Waals surface area contributed by atoms with E-state index >= 15 is 4.39 Å². The SMILES string of the molecule is O=C1NC(=O)C(c2cnc3ccccn23)=C1c1cn2c3c(cc(F)cc13)CN(C(=O)N1CC(F)(F)C(F)(F)C(F)(F)C1)CC2. The van der Waals surface area contributed by atoms with Crippen LogP contribution in [0.1, 0.15) is 16.8 Å². The highest BCUT2D eigenvalue weighted by Crippen LogP contribution is 2.49. The number of aromatic nitrogens is 3. The number of nitrogens with zero attached hydrogens (tertiary/aromatic N) is 5. The summed E-state index contributed by atoms with van der Waals surface area (Å²) >= 11 is 0. The highest BCUT2D eigenvalue weighted by molar-refractivity contribution is 6.49. The van der Waals surface area contributed by atoms with Gasteiger partial charge in [0.25, 0.3) is 11.8 Å². The Kier molecular flexibility index (Phi) is 5.75. The van der Waals surface area contributed by atoms with Gasteiger partial charge in [-0.2, -0.15) is 26.3 Å². The van der Waals surface area contributed by atoms with Crippen LogP contribution in [0.25, 0.3) is 27.7 Å². The Morgan fingerprint density at radius 3 is 2.34 bits per heavy atom. The molecule has 4 amide bonds. The van der Waals surface area contributed by atoms with E-state index in [1.54, 1.807) is 33.4 Å². The van der Waals surface area contributed by atoms with Gasteiger partial charge in [-0.15, -0.1) is 0 Å². The van der Waals surface area contributed by atoms with Crippen LogP contribution in [0.15, 0.2) is 48.9 Å². The maximum absolute atomic E-state index is 15.0. The van der Waals surface area contributed by atoms with Gasteiger partial charge < -0.3 is 14.4 Å². The second kappa shape index (κ2) is 9.06. The third kappa shape index (κ3) is 3.85. The summed E-state index contributed by atoms with van der Waals surface area (Å²) in [5.41, 5.74) is 1.44. The molecule has 3 aromatic heterocycles. The Labute approximate surface area is 242 Å². The quantitative estimate of drug-likeness (QED) is 0.269. The summed E-state index contributed by atoms with van der Waals surface area (Å²) in [6, 6.07) is 5.98. The van der Waals surface area contributed by atoms with E-state index in [9.17, 15) is 40.7 Å². The fourth-order valence-corrected chi connectivity index (χ4v) is 6.07. The average molecular weight is 620 g/mol. The number of halogens is 7. The Morgan fingerprint density at radius 1 is 0.909 bits per heavy atom. The molecule has 44 heavy (non-hydrogen) atoms. The van der Waals surface area contributed by atoms with Gasteiger partial charge in [0.15, 0.2) is 0 Å². The van der Waals surface area contributed by atoms with Gasteiger partial charge in [0.1, 0.15) is 11.5 Å². The van der Waals surface area contributed by atoms with Crippen LogP contribution in [0.4, 0.5) is 35.5 Å². The number of amides is 4. The topological polar surface area (TPSA) is 92.0 Å². The molecule has 3 aliphatic rings. The van der Waals surface area contributed by atoms with Crippen molar-refractivity contribution in [1.29, 1.82) is 0 Å². The number of rotatable bonds is 2. The van der Waals surface area contributed by atoms with E-state index < -0.39 is 61.1 Å². The van der Waals surface area contributed by atoms with E-state index in [4.69, 9.17) is 0 Å². The lowest BCUT2D eigenvalue weighted by atomic mass is 9.98. The second-order valence-corrected chi connectivity index (χ2v) is 10.8. The van der Waals surface area contributed by atoms with Crippen molar-refractivity contribution in [3.63, 3.8) is 0 Å². The number of carbonyl (C=O) groups excluding carboxylic acids is 3. The van der Waals surface area contributed by atoms with Gasteiger partial charge in [0.2, 0.25) is 0 Å².